The summed E-state index contributed by atoms with van der Waals surface area (Å²) in [5.41, 5.74) is 0.748. The van der Waals surface area contributed by atoms with E-state index in [0.717, 1.165) is 6.08 Å². The summed E-state index contributed by atoms with van der Waals surface area (Å²) < 4.78 is 4.71. The zero-order valence-electron chi connectivity index (χ0n) is 13.4. The van der Waals surface area contributed by atoms with Crippen molar-refractivity contribution < 1.29 is 19.2 Å². The van der Waals surface area contributed by atoms with Gasteiger partial charge in [0.25, 0.3) is 5.69 Å². The molecular weight excluding hydrogens is 324 g/mol. The molecule has 0 radical (unpaired) electrons. The van der Waals surface area contributed by atoms with Gasteiger partial charge in [-0.05, 0) is 17.7 Å². The van der Waals surface area contributed by atoms with Crippen LogP contribution in [-0.2, 0) is 14.3 Å². The largest absolute Gasteiger partial charge is 0.467 e. The van der Waals surface area contributed by atoms with Gasteiger partial charge in [0.15, 0.2) is 6.04 Å². The fourth-order valence-electron chi connectivity index (χ4n) is 2.19. The molecule has 0 fully saturated rings. The summed E-state index contributed by atoms with van der Waals surface area (Å²) >= 11 is 0. The molecule has 2 aromatic carbocycles. The van der Waals surface area contributed by atoms with Gasteiger partial charge < -0.3 is 10.1 Å². The van der Waals surface area contributed by atoms with Crippen LogP contribution < -0.4 is 5.32 Å². The topological polar surface area (TPSA) is 98.5 Å². The summed E-state index contributed by atoms with van der Waals surface area (Å²) in [5, 5.41) is 13.5. The molecule has 0 saturated heterocycles. The molecular formula is C18H16N2O5. The highest BCUT2D eigenvalue weighted by Gasteiger charge is 2.22. The third kappa shape index (κ3) is 4.74. The molecule has 0 heterocycles. The molecule has 7 heteroatoms. The summed E-state index contributed by atoms with van der Waals surface area (Å²) in [4.78, 5) is 34.5. The second kappa shape index (κ2) is 8.39. The van der Waals surface area contributed by atoms with Gasteiger partial charge in [-0.25, -0.2) is 4.79 Å². The van der Waals surface area contributed by atoms with E-state index in [9.17, 15) is 19.7 Å². The van der Waals surface area contributed by atoms with Gasteiger partial charge in [0, 0.05) is 12.1 Å². The zero-order chi connectivity index (χ0) is 18.2. The van der Waals surface area contributed by atoms with E-state index in [2.05, 4.69) is 5.32 Å². The summed E-state index contributed by atoms with van der Waals surface area (Å²) in [7, 11) is 1.23. The van der Waals surface area contributed by atoms with Crippen LogP contribution in [0.4, 0.5) is 5.69 Å². The monoisotopic (exact) mass is 340 g/mol. The van der Waals surface area contributed by atoms with Gasteiger partial charge in [-0.1, -0.05) is 42.5 Å². The van der Waals surface area contributed by atoms with Crippen LogP contribution in [-0.4, -0.2) is 23.9 Å². The van der Waals surface area contributed by atoms with E-state index < -0.39 is 22.8 Å². The number of rotatable bonds is 6. The Morgan fingerprint density at radius 3 is 2.40 bits per heavy atom. The second-order valence-corrected chi connectivity index (χ2v) is 5.02. The Labute approximate surface area is 144 Å². The fourth-order valence-corrected chi connectivity index (χ4v) is 2.19. The lowest BCUT2D eigenvalue weighted by Gasteiger charge is -2.15. The molecule has 0 saturated carbocycles. The normalized spacial score (nSPS) is 11.7. The lowest BCUT2D eigenvalue weighted by molar-refractivity contribution is -0.385. The maximum absolute atomic E-state index is 12.1. The standard InChI is InChI=1S/C18H16N2O5/c1-25-18(22)17(14-8-3-2-4-9-14)19-16(21)12-11-13-7-5-6-10-15(13)20(23)24/h2-12,17H,1H3,(H,19,21)/b12-11+. The smallest absolute Gasteiger partial charge is 0.333 e. The first kappa shape index (κ1) is 17.9. The molecule has 2 aromatic rings. The Hall–Kier alpha value is -3.48. The number of carbonyl (C=O) groups excluding carboxylic acids is 2. The Kier molecular flexibility index (Phi) is 6.00. The average Bonchev–Trinajstić information content (AvgIpc) is 2.64. The van der Waals surface area contributed by atoms with Crippen molar-refractivity contribution in [3.05, 3.63) is 81.9 Å². The predicted molar refractivity (Wildman–Crippen MR) is 91.5 cm³/mol. The van der Waals surface area contributed by atoms with Crippen LogP contribution in [0.2, 0.25) is 0 Å². The Morgan fingerprint density at radius 1 is 1.12 bits per heavy atom. The minimum Gasteiger partial charge on any atom is -0.467 e. The highest BCUT2D eigenvalue weighted by molar-refractivity contribution is 5.95. The van der Waals surface area contributed by atoms with Gasteiger partial charge in [0.2, 0.25) is 5.91 Å². The number of methoxy groups -OCH3 is 1. The van der Waals surface area contributed by atoms with E-state index in [0.29, 0.717) is 5.56 Å². The maximum Gasteiger partial charge on any atom is 0.333 e. The SMILES string of the molecule is COC(=O)C(NC(=O)/C=C/c1ccccc1[N+](=O)[O-])c1ccccc1. The number of esters is 1. The van der Waals surface area contributed by atoms with Crippen LogP contribution in [0.5, 0.6) is 0 Å². The van der Waals surface area contributed by atoms with Crippen molar-refractivity contribution >= 4 is 23.6 Å². The van der Waals surface area contributed by atoms with Crippen LogP contribution >= 0.6 is 0 Å². The Bertz CT molecular complexity index is 802. The van der Waals surface area contributed by atoms with Gasteiger partial charge in [-0.2, -0.15) is 0 Å². The van der Waals surface area contributed by atoms with Gasteiger partial charge in [-0.15, -0.1) is 0 Å². The molecule has 2 rings (SSSR count). The number of amides is 1. The van der Waals surface area contributed by atoms with E-state index in [1.54, 1.807) is 36.4 Å². The van der Waals surface area contributed by atoms with Crippen molar-refractivity contribution in [1.29, 1.82) is 0 Å². The van der Waals surface area contributed by atoms with Crippen molar-refractivity contribution in [3.63, 3.8) is 0 Å². The molecule has 1 unspecified atom stereocenters. The zero-order valence-corrected chi connectivity index (χ0v) is 13.4. The number of benzene rings is 2. The molecule has 0 aromatic heterocycles. The lowest BCUT2D eigenvalue weighted by atomic mass is 10.1. The quantitative estimate of drug-likeness (QED) is 0.377. The maximum atomic E-state index is 12.1. The molecule has 25 heavy (non-hydrogen) atoms. The van der Waals surface area contributed by atoms with Crippen LogP contribution in [0.1, 0.15) is 17.2 Å². The number of hydrogen-bond acceptors (Lipinski definition) is 5. The molecule has 128 valence electrons. The van der Waals surface area contributed by atoms with E-state index in [-0.39, 0.29) is 11.3 Å². The first-order chi connectivity index (χ1) is 12.0. The Balaban J connectivity index is 2.17. The molecule has 0 spiro atoms. The van der Waals surface area contributed by atoms with Crippen LogP contribution in [0, 0.1) is 10.1 Å². The van der Waals surface area contributed by atoms with Crippen molar-refractivity contribution in [3.8, 4) is 0 Å². The minimum absolute atomic E-state index is 0.112. The molecule has 1 amide bonds. The number of hydrogen-bond donors (Lipinski definition) is 1. The molecule has 0 aliphatic carbocycles. The molecule has 1 N–H and O–H groups in total. The first-order valence-electron chi connectivity index (χ1n) is 7.37. The van der Waals surface area contributed by atoms with Gasteiger partial charge in [0.05, 0.1) is 17.6 Å². The number of ether oxygens (including phenoxy) is 1. The van der Waals surface area contributed by atoms with Gasteiger partial charge in [-0.3, -0.25) is 14.9 Å². The third-order valence-electron chi connectivity index (χ3n) is 3.40. The summed E-state index contributed by atoms with van der Waals surface area (Å²) in [6.45, 7) is 0. The summed E-state index contributed by atoms with van der Waals surface area (Å²) in [6, 6.07) is 13.7. The molecule has 7 nitrogen and oxygen atoms in total. The fraction of sp³-hybridized carbons (Fsp3) is 0.111. The highest BCUT2D eigenvalue weighted by atomic mass is 16.6. The van der Waals surface area contributed by atoms with Crippen molar-refractivity contribution in [2.75, 3.05) is 7.11 Å². The first-order valence-corrected chi connectivity index (χ1v) is 7.37. The average molecular weight is 340 g/mol. The van der Waals surface area contributed by atoms with Gasteiger partial charge in [0.1, 0.15) is 0 Å². The van der Waals surface area contributed by atoms with E-state index in [1.165, 1.54) is 31.4 Å². The molecule has 0 aliphatic heterocycles. The molecule has 0 aliphatic rings. The third-order valence-corrected chi connectivity index (χ3v) is 3.40. The van der Waals surface area contributed by atoms with Crippen molar-refractivity contribution in [1.82, 2.24) is 5.32 Å². The van der Waals surface area contributed by atoms with Crippen LogP contribution in [0.25, 0.3) is 6.08 Å². The van der Waals surface area contributed by atoms with E-state index in [4.69, 9.17) is 4.74 Å². The van der Waals surface area contributed by atoms with E-state index >= 15 is 0 Å². The van der Waals surface area contributed by atoms with Crippen molar-refractivity contribution in [2.45, 2.75) is 6.04 Å². The number of para-hydroxylation sites is 1. The number of nitro groups is 1. The van der Waals surface area contributed by atoms with Crippen LogP contribution in [0.15, 0.2) is 60.7 Å². The molecule has 1 atom stereocenters. The summed E-state index contributed by atoms with van der Waals surface area (Å²) in [5.74, 6) is -1.18. The molecule has 0 bridgehead atoms. The van der Waals surface area contributed by atoms with Crippen molar-refractivity contribution in [2.24, 2.45) is 0 Å². The Morgan fingerprint density at radius 2 is 1.76 bits per heavy atom. The number of nitrogens with one attached hydrogen (secondary N) is 1. The number of nitrogens with zero attached hydrogens (tertiary/aromatic N) is 1. The van der Waals surface area contributed by atoms with Gasteiger partial charge >= 0.3 is 5.97 Å². The second-order valence-electron chi connectivity index (χ2n) is 5.02. The predicted octanol–water partition coefficient (Wildman–Crippen LogP) is 2.64. The number of carbonyl (C=O) groups is 2. The highest BCUT2D eigenvalue weighted by Crippen LogP contribution is 2.19. The minimum atomic E-state index is -0.964. The lowest BCUT2D eigenvalue weighted by Crippen LogP contribution is -2.33. The van der Waals surface area contributed by atoms with E-state index in [1.807, 2.05) is 0 Å². The number of nitro benzene ring substituents is 1. The summed E-state index contributed by atoms with van der Waals surface area (Å²) in [6.07, 6.45) is 2.47. The van der Waals surface area contributed by atoms with Crippen LogP contribution in [0.3, 0.4) is 0 Å².